The molecule has 3 N–H and O–H groups in total. The number of hydrogen-bond acceptors (Lipinski definition) is 5. The van der Waals surface area contributed by atoms with E-state index in [2.05, 4.69) is 19.9 Å². The largest absolute Gasteiger partial charge is 0.409 e. The minimum absolute atomic E-state index is 0.241. The zero-order chi connectivity index (χ0) is 13.0. The minimum Gasteiger partial charge on any atom is -0.409 e. The molecule has 0 atom stereocenters. The highest BCUT2D eigenvalue weighted by atomic mass is 35.5. The van der Waals surface area contributed by atoms with Crippen molar-refractivity contribution in [2.24, 2.45) is 10.9 Å². The molecule has 6 nitrogen and oxygen atoms in total. The van der Waals surface area contributed by atoms with Gasteiger partial charge in [0.15, 0.2) is 5.84 Å². The van der Waals surface area contributed by atoms with E-state index < -0.39 is 0 Å². The highest BCUT2D eigenvalue weighted by molar-refractivity contribution is 6.33. The van der Waals surface area contributed by atoms with E-state index >= 15 is 0 Å². The lowest BCUT2D eigenvalue weighted by atomic mass is 10.2. The molecule has 1 aliphatic rings. The minimum atomic E-state index is 0.241. The maximum Gasteiger partial charge on any atom is 0.153 e. The summed E-state index contributed by atoms with van der Waals surface area (Å²) in [6.45, 7) is 3.93. The number of aromatic nitrogens is 1. The number of anilines is 1. The molecule has 1 aliphatic heterocycles. The van der Waals surface area contributed by atoms with Crippen molar-refractivity contribution in [1.29, 1.82) is 0 Å². The van der Waals surface area contributed by atoms with Gasteiger partial charge in [0.25, 0.3) is 0 Å². The number of nitrogens with zero attached hydrogens (tertiary/aromatic N) is 4. The number of halogens is 1. The van der Waals surface area contributed by atoms with Gasteiger partial charge in [-0.3, -0.25) is 9.88 Å². The number of piperazine rings is 1. The Kier molecular flexibility index (Phi) is 4.22. The number of amidine groups is 1. The van der Waals surface area contributed by atoms with Crippen LogP contribution >= 0.6 is 11.6 Å². The Morgan fingerprint density at radius 2 is 2.17 bits per heavy atom. The third kappa shape index (κ3) is 3.02. The van der Waals surface area contributed by atoms with Crippen LogP contribution in [0.1, 0.15) is 0 Å². The first-order valence-electron chi connectivity index (χ1n) is 5.74. The van der Waals surface area contributed by atoms with E-state index in [-0.39, 0.29) is 5.84 Å². The smallest absolute Gasteiger partial charge is 0.153 e. The molecule has 0 unspecified atom stereocenters. The van der Waals surface area contributed by atoms with Crippen LogP contribution in [0.2, 0.25) is 5.02 Å². The molecule has 0 saturated carbocycles. The molecule has 0 aromatic carbocycles. The van der Waals surface area contributed by atoms with Crippen LogP contribution in [0.15, 0.2) is 23.6 Å². The van der Waals surface area contributed by atoms with Gasteiger partial charge < -0.3 is 15.8 Å². The molecular formula is C11H16ClN5O. The Morgan fingerprint density at radius 1 is 1.44 bits per heavy atom. The summed E-state index contributed by atoms with van der Waals surface area (Å²) in [6.07, 6.45) is 3.39. The lowest BCUT2D eigenvalue weighted by Gasteiger charge is -2.36. The molecule has 1 aromatic rings. The molecule has 7 heteroatoms. The van der Waals surface area contributed by atoms with Crippen molar-refractivity contribution in [1.82, 2.24) is 9.88 Å². The van der Waals surface area contributed by atoms with E-state index in [4.69, 9.17) is 22.5 Å². The summed E-state index contributed by atoms with van der Waals surface area (Å²) in [7, 11) is 0. The first-order chi connectivity index (χ1) is 8.70. The third-order valence-corrected chi connectivity index (χ3v) is 3.27. The van der Waals surface area contributed by atoms with Gasteiger partial charge in [-0.1, -0.05) is 16.8 Å². The van der Waals surface area contributed by atoms with Crippen LogP contribution in [0.25, 0.3) is 0 Å². The van der Waals surface area contributed by atoms with Gasteiger partial charge in [-0.25, -0.2) is 0 Å². The molecular weight excluding hydrogens is 254 g/mol. The molecule has 0 aliphatic carbocycles. The Morgan fingerprint density at radius 3 is 2.78 bits per heavy atom. The molecule has 0 spiro atoms. The van der Waals surface area contributed by atoms with Crippen molar-refractivity contribution in [3.63, 3.8) is 0 Å². The summed E-state index contributed by atoms with van der Waals surface area (Å²) in [5, 5.41) is 12.2. The van der Waals surface area contributed by atoms with Crippen molar-refractivity contribution in [2.45, 2.75) is 0 Å². The summed E-state index contributed by atoms with van der Waals surface area (Å²) in [6, 6.07) is 1.92. The fourth-order valence-corrected chi connectivity index (χ4v) is 2.27. The van der Waals surface area contributed by atoms with E-state index in [0.717, 1.165) is 31.9 Å². The van der Waals surface area contributed by atoms with Crippen LogP contribution in [0, 0.1) is 0 Å². The molecule has 0 bridgehead atoms. The Hall–Kier alpha value is -1.53. The summed E-state index contributed by atoms with van der Waals surface area (Å²) in [4.78, 5) is 8.33. The van der Waals surface area contributed by atoms with Crippen molar-refractivity contribution in [2.75, 3.05) is 37.6 Å². The van der Waals surface area contributed by atoms with E-state index in [1.807, 2.05) is 6.07 Å². The normalized spacial score (nSPS) is 18.1. The van der Waals surface area contributed by atoms with E-state index in [9.17, 15) is 0 Å². The maximum absolute atomic E-state index is 8.53. The molecule has 98 valence electrons. The van der Waals surface area contributed by atoms with Crippen LogP contribution in [0.4, 0.5) is 5.69 Å². The van der Waals surface area contributed by atoms with Crippen LogP contribution in [0.3, 0.4) is 0 Å². The van der Waals surface area contributed by atoms with E-state index in [1.54, 1.807) is 12.4 Å². The monoisotopic (exact) mass is 269 g/mol. The number of rotatable bonds is 3. The van der Waals surface area contributed by atoms with Gasteiger partial charge in [0.2, 0.25) is 0 Å². The standard InChI is InChI=1S/C11H16ClN5O/c12-9-7-14-2-1-10(9)17-5-3-16(4-6-17)8-11(13)15-18/h1-2,7,18H,3-6,8H2,(H2,13,15). The zero-order valence-electron chi connectivity index (χ0n) is 9.96. The predicted molar refractivity (Wildman–Crippen MR) is 71.3 cm³/mol. The average Bonchev–Trinajstić information content (AvgIpc) is 2.40. The van der Waals surface area contributed by atoms with Gasteiger partial charge in [0, 0.05) is 38.6 Å². The summed E-state index contributed by atoms with van der Waals surface area (Å²) in [5.74, 6) is 0.241. The molecule has 1 fully saturated rings. The first kappa shape index (κ1) is 12.9. The molecule has 2 rings (SSSR count). The van der Waals surface area contributed by atoms with Crippen LogP contribution in [-0.4, -0.2) is 53.7 Å². The maximum atomic E-state index is 8.53. The number of pyridine rings is 1. The Bertz CT molecular complexity index is 431. The number of oxime groups is 1. The van der Waals surface area contributed by atoms with Gasteiger partial charge in [0.1, 0.15) is 0 Å². The zero-order valence-corrected chi connectivity index (χ0v) is 10.7. The molecule has 2 heterocycles. The van der Waals surface area contributed by atoms with Crippen LogP contribution < -0.4 is 10.6 Å². The summed E-state index contributed by atoms with van der Waals surface area (Å²) < 4.78 is 0. The number of nitrogens with two attached hydrogens (primary N) is 1. The van der Waals surface area contributed by atoms with E-state index in [1.165, 1.54) is 0 Å². The lowest BCUT2D eigenvalue weighted by molar-refractivity contribution is 0.279. The first-order valence-corrected chi connectivity index (χ1v) is 6.11. The molecule has 0 radical (unpaired) electrons. The highest BCUT2D eigenvalue weighted by Crippen LogP contribution is 2.24. The van der Waals surface area contributed by atoms with Crippen molar-refractivity contribution in [3.05, 3.63) is 23.5 Å². The lowest BCUT2D eigenvalue weighted by Crippen LogP contribution is -2.49. The summed E-state index contributed by atoms with van der Waals surface area (Å²) in [5.41, 5.74) is 6.50. The van der Waals surface area contributed by atoms with Crippen molar-refractivity contribution in [3.8, 4) is 0 Å². The average molecular weight is 270 g/mol. The van der Waals surface area contributed by atoms with Gasteiger partial charge in [-0.05, 0) is 6.07 Å². The number of hydrogen-bond donors (Lipinski definition) is 2. The van der Waals surface area contributed by atoms with Gasteiger partial charge in [0.05, 0.1) is 17.3 Å². The van der Waals surface area contributed by atoms with Crippen LogP contribution in [0.5, 0.6) is 0 Å². The fraction of sp³-hybridized carbons (Fsp3) is 0.455. The second kappa shape index (κ2) is 5.88. The van der Waals surface area contributed by atoms with Crippen molar-refractivity contribution < 1.29 is 5.21 Å². The highest BCUT2D eigenvalue weighted by Gasteiger charge is 2.19. The van der Waals surface area contributed by atoms with Gasteiger partial charge in [-0.2, -0.15) is 0 Å². The van der Waals surface area contributed by atoms with Crippen molar-refractivity contribution >= 4 is 23.1 Å². The predicted octanol–water partition coefficient (Wildman–Crippen LogP) is 0.603. The third-order valence-electron chi connectivity index (χ3n) is 2.98. The Balaban J connectivity index is 1.93. The SMILES string of the molecule is NC(CN1CCN(c2ccncc2Cl)CC1)=NO. The van der Waals surface area contributed by atoms with Gasteiger partial charge >= 0.3 is 0 Å². The van der Waals surface area contributed by atoms with Crippen LogP contribution in [-0.2, 0) is 0 Å². The Labute approximate surface area is 111 Å². The topological polar surface area (TPSA) is 78.0 Å². The fourth-order valence-electron chi connectivity index (χ4n) is 2.03. The molecule has 1 aromatic heterocycles. The molecule has 18 heavy (non-hydrogen) atoms. The molecule has 0 amide bonds. The van der Waals surface area contributed by atoms with Gasteiger partial charge in [-0.15, -0.1) is 0 Å². The second-order valence-corrected chi connectivity index (χ2v) is 4.59. The van der Waals surface area contributed by atoms with E-state index in [0.29, 0.717) is 11.6 Å². The quantitative estimate of drug-likeness (QED) is 0.364. The summed E-state index contributed by atoms with van der Waals surface area (Å²) >= 11 is 6.11. The molecule has 1 saturated heterocycles. The second-order valence-electron chi connectivity index (χ2n) is 4.18.